The molecule has 1 heterocycles. The van der Waals surface area contributed by atoms with Gasteiger partial charge in [0.25, 0.3) is 0 Å². The predicted octanol–water partition coefficient (Wildman–Crippen LogP) is 1.30. The van der Waals surface area contributed by atoms with Crippen molar-refractivity contribution in [3.8, 4) is 0 Å². The van der Waals surface area contributed by atoms with Crippen molar-refractivity contribution in [2.24, 2.45) is 7.05 Å². The molecule has 1 aromatic heterocycles. The molecule has 0 radical (unpaired) electrons. The standard InChI is InChI=1S/C14H25N3O2S/c1-17-11-12(10-16-17)6-5-9-15-13-7-3-4-8-14(13)20(2,18)19/h10-11,13-15H,3-9H2,1-2H3. The summed E-state index contributed by atoms with van der Waals surface area (Å²) in [6, 6.07) is 0.132. The molecule has 1 fully saturated rings. The van der Waals surface area contributed by atoms with Crippen molar-refractivity contribution in [3.05, 3.63) is 18.0 Å². The molecule has 2 rings (SSSR count). The zero-order chi connectivity index (χ0) is 14.6. The number of hydrogen-bond acceptors (Lipinski definition) is 4. The lowest BCUT2D eigenvalue weighted by Crippen LogP contribution is -2.46. The van der Waals surface area contributed by atoms with Crippen LogP contribution in [0, 0.1) is 0 Å². The maximum atomic E-state index is 11.8. The first-order valence-corrected chi connectivity index (χ1v) is 9.32. The second-order valence-corrected chi connectivity index (χ2v) is 8.10. The molecule has 0 saturated heterocycles. The number of nitrogens with zero attached hydrogens (tertiary/aromatic N) is 2. The molecule has 0 amide bonds. The summed E-state index contributed by atoms with van der Waals surface area (Å²) >= 11 is 0. The largest absolute Gasteiger partial charge is 0.313 e. The van der Waals surface area contributed by atoms with E-state index in [-0.39, 0.29) is 11.3 Å². The average molecular weight is 299 g/mol. The summed E-state index contributed by atoms with van der Waals surface area (Å²) in [4.78, 5) is 0. The molecule has 6 heteroatoms. The van der Waals surface area contributed by atoms with Crippen LogP contribution in [0.5, 0.6) is 0 Å². The van der Waals surface area contributed by atoms with Gasteiger partial charge in [-0.1, -0.05) is 12.8 Å². The highest BCUT2D eigenvalue weighted by Crippen LogP contribution is 2.24. The minimum Gasteiger partial charge on any atom is -0.313 e. The van der Waals surface area contributed by atoms with Crippen LogP contribution in [-0.2, 0) is 23.3 Å². The molecule has 1 N–H and O–H groups in total. The fraction of sp³-hybridized carbons (Fsp3) is 0.786. The molecule has 20 heavy (non-hydrogen) atoms. The molecule has 0 aliphatic heterocycles. The van der Waals surface area contributed by atoms with Crippen molar-refractivity contribution in [1.29, 1.82) is 0 Å². The molecular weight excluding hydrogens is 274 g/mol. The monoisotopic (exact) mass is 299 g/mol. The van der Waals surface area contributed by atoms with Crippen LogP contribution >= 0.6 is 0 Å². The summed E-state index contributed by atoms with van der Waals surface area (Å²) in [6.45, 7) is 0.867. The van der Waals surface area contributed by atoms with E-state index in [1.807, 2.05) is 24.1 Å². The Bertz CT molecular complexity index is 524. The van der Waals surface area contributed by atoms with Crippen molar-refractivity contribution < 1.29 is 8.42 Å². The fourth-order valence-corrected chi connectivity index (χ4v) is 4.45. The van der Waals surface area contributed by atoms with Crippen LogP contribution in [0.4, 0.5) is 0 Å². The Kier molecular flexibility index (Phi) is 5.21. The third-order valence-electron chi connectivity index (χ3n) is 4.06. The summed E-state index contributed by atoms with van der Waals surface area (Å²) < 4.78 is 25.4. The Morgan fingerprint density at radius 2 is 2.15 bits per heavy atom. The van der Waals surface area contributed by atoms with Crippen LogP contribution in [-0.4, -0.2) is 42.3 Å². The summed E-state index contributed by atoms with van der Waals surface area (Å²) in [5.41, 5.74) is 1.23. The third kappa shape index (κ3) is 4.31. The molecule has 1 aromatic rings. The van der Waals surface area contributed by atoms with Crippen LogP contribution in [0.2, 0.25) is 0 Å². The molecular formula is C14H25N3O2S. The van der Waals surface area contributed by atoms with Crippen LogP contribution in [0.15, 0.2) is 12.4 Å². The van der Waals surface area contributed by atoms with E-state index in [9.17, 15) is 8.42 Å². The Hall–Kier alpha value is -0.880. The smallest absolute Gasteiger partial charge is 0.151 e. The molecule has 1 aliphatic rings. The lowest BCUT2D eigenvalue weighted by atomic mass is 9.95. The molecule has 1 aliphatic carbocycles. The number of rotatable bonds is 6. The molecule has 0 bridgehead atoms. The summed E-state index contributed by atoms with van der Waals surface area (Å²) in [7, 11) is -1.02. The van der Waals surface area contributed by atoms with Gasteiger partial charge < -0.3 is 5.32 Å². The topological polar surface area (TPSA) is 64.0 Å². The number of aryl methyl sites for hydroxylation is 2. The van der Waals surface area contributed by atoms with Gasteiger partial charge in [0.15, 0.2) is 9.84 Å². The van der Waals surface area contributed by atoms with Gasteiger partial charge in [-0.2, -0.15) is 5.10 Å². The highest BCUT2D eigenvalue weighted by Gasteiger charge is 2.31. The van der Waals surface area contributed by atoms with Crippen LogP contribution in [0.3, 0.4) is 0 Å². The summed E-state index contributed by atoms with van der Waals surface area (Å²) in [6.07, 6.45) is 11.2. The molecule has 5 nitrogen and oxygen atoms in total. The molecule has 0 spiro atoms. The van der Waals surface area contributed by atoms with Crippen molar-refractivity contribution in [3.63, 3.8) is 0 Å². The molecule has 0 aromatic carbocycles. The first-order chi connectivity index (χ1) is 9.47. The normalized spacial score (nSPS) is 23.9. The predicted molar refractivity (Wildman–Crippen MR) is 80.4 cm³/mol. The van der Waals surface area contributed by atoms with Crippen molar-refractivity contribution >= 4 is 9.84 Å². The van der Waals surface area contributed by atoms with E-state index >= 15 is 0 Å². The van der Waals surface area contributed by atoms with Gasteiger partial charge >= 0.3 is 0 Å². The Labute approximate surface area is 121 Å². The number of nitrogens with one attached hydrogen (secondary N) is 1. The lowest BCUT2D eigenvalue weighted by Gasteiger charge is -2.31. The first-order valence-electron chi connectivity index (χ1n) is 7.36. The van der Waals surface area contributed by atoms with Gasteiger partial charge in [0.2, 0.25) is 0 Å². The van der Waals surface area contributed by atoms with Crippen LogP contribution in [0.1, 0.15) is 37.7 Å². The Morgan fingerprint density at radius 1 is 1.40 bits per heavy atom. The van der Waals surface area contributed by atoms with Gasteiger partial charge in [-0.05, 0) is 37.8 Å². The number of aromatic nitrogens is 2. The van der Waals surface area contributed by atoms with E-state index in [1.54, 1.807) is 0 Å². The van der Waals surface area contributed by atoms with Crippen LogP contribution in [0.25, 0.3) is 0 Å². The highest BCUT2D eigenvalue weighted by atomic mass is 32.2. The lowest BCUT2D eigenvalue weighted by molar-refractivity contribution is 0.370. The second kappa shape index (κ2) is 6.72. The van der Waals surface area contributed by atoms with Gasteiger partial charge in [-0.25, -0.2) is 8.42 Å². The van der Waals surface area contributed by atoms with Crippen molar-refractivity contribution in [2.75, 3.05) is 12.8 Å². The van der Waals surface area contributed by atoms with Gasteiger partial charge in [0, 0.05) is 25.5 Å². The Morgan fingerprint density at radius 3 is 2.80 bits per heavy atom. The quantitative estimate of drug-likeness (QED) is 0.804. The fourth-order valence-electron chi connectivity index (χ4n) is 3.02. The van der Waals surface area contributed by atoms with Gasteiger partial charge in [-0.15, -0.1) is 0 Å². The van der Waals surface area contributed by atoms with Gasteiger partial charge in [0.05, 0.1) is 11.4 Å². The highest BCUT2D eigenvalue weighted by molar-refractivity contribution is 7.91. The zero-order valence-corrected chi connectivity index (χ0v) is 13.2. The van der Waals surface area contributed by atoms with E-state index in [2.05, 4.69) is 10.4 Å². The van der Waals surface area contributed by atoms with E-state index in [0.717, 1.165) is 45.1 Å². The SMILES string of the molecule is Cn1cc(CCCNC2CCCCC2S(C)(=O)=O)cn1. The third-order valence-corrected chi connectivity index (χ3v) is 5.72. The molecule has 1 saturated carbocycles. The van der Waals surface area contributed by atoms with Crippen molar-refractivity contribution in [1.82, 2.24) is 15.1 Å². The van der Waals surface area contributed by atoms with Crippen LogP contribution < -0.4 is 5.32 Å². The summed E-state index contributed by atoms with van der Waals surface area (Å²) in [5, 5.41) is 7.40. The number of sulfone groups is 1. The minimum atomic E-state index is -2.94. The average Bonchev–Trinajstić information content (AvgIpc) is 2.80. The maximum absolute atomic E-state index is 11.8. The number of hydrogen-bond donors (Lipinski definition) is 1. The van der Waals surface area contributed by atoms with E-state index in [1.165, 1.54) is 11.8 Å². The van der Waals surface area contributed by atoms with Gasteiger partial charge in [-0.3, -0.25) is 4.68 Å². The Balaban J connectivity index is 1.77. The maximum Gasteiger partial charge on any atom is 0.151 e. The summed E-state index contributed by atoms with van der Waals surface area (Å²) in [5.74, 6) is 0. The second-order valence-electron chi connectivity index (χ2n) is 5.84. The molecule has 114 valence electrons. The van der Waals surface area contributed by atoms with E-state index < -0.39 is 9.84 Å². The molecule has 2 atom stereocenters. The van der Waals surface area contributed by atoms with Crippen molar-refractivity contribution in [2.45, 2.75) is 49.8 Å². The molecule has 2 unspecified atom stereocenters. The first kappa shape index (κ1) is 15.5. The zero-order valence-electron chi connectivity index (χ0n) is 12.4. The van der Waals surface area contributed by atoms with Gasteiger partial charge in [0.1, 0.15) is 0 Å². The van der Waals surface area contributed by atoms with E-state index in [0.29, 0.717) is 0 Å². The minimum absolute atomic E-state index is 0.132. The van der Waals surface area contributed by atoms with E-state index in [4.69, 9.17) is 0 Å².